The molecule has 1 aromatic heterocycles. The highest BCUT2D eigenvalue weighted by Crippen LogP contribution is 2.40. The van der Waals surface area contributed by atoms with Gasteiger partial charge in [-0.3, -0.25) is 9.69 Å². The minimum atomic E-state index is -0.0802. The van der Waals surface area contributed by atoms with Gasteiger partial charge < -0.3 is 9.47 Å². The lowest BCUT2D eigenvalue weighted by molar-refractivity contribution is -0.134. The van der Waals surface area contributed by atoms with Crippen LogP contribution in [0.4, 0.5) is 0 Å². The molecule has 0 aliphatic carbocycles. The van der Waals surface area contributed by atoms with Crippen molar-refractivity contribution in [2.75, 3.05) is 26.7 Å². The molecule has 2 unspecified atom stereocenters. The first-order valence-electron chi connectivity index (χ1n) is 9.03. The van der Waals surface area contributed by atoms with Gasteiger partial charge in [0.25, 0.3) is 0 Å². The van der Waals surface area contributed by atoms with Crippen molar-refractivity contribution in [3.05, 3.63) is 41.1 Å². The van der Waals surface area contributed by atoms with E-state index in [9.17, 15) is 4.79 Å². The van der Waals surface area contributed by atoms with Crippen LogP contribution in [0, 0.1) is 5.92 Å². The van der Waals surface area contributed by atoms with E-state index >= 15 is 0 Å². The fraction of sp³-hybridized carbons (Fsp3) is 0.450. The molecule has 0 saturated heterocycles. The molecule has 2 aliphatic rings. The van der Waals surface area contributed by atoms with Crippen LogP contribution in [0.2, 0.25) is 5.02 Å². The molecule has 3 heterocycles. The molecular weight excluding hydrogens is 334 g/mol. The van der Waals surface area contributed by atoms with Crippen LogP contribution in [0.5, 0.6) is 0 Å². The van der Waals surface area contributed by atoms with Gasteiger partial charge in [-0.1, -0.05) is 23.7 Å². The molecule has 0 spiro atoms. The molecule has 0 N–H and O–H groups in total. The summed E-state index contributed by atoms with van der Waals surface area (Å²) in [6.07, 6.45) is 4.34. The summed E-state index contributed by atoms with van der Waals surface area (Å²) in [5.41, 5.74) is 3.68. The number of hydrogen-bond acceptors (Lipinski definition) is 2. The molecule has 4 nitrogen and oxygen atoms in total. The highest BCUT2D eigenvalue weighted by Gasteiger charge is 2.36. The van der Waals surface area contributed by atoms with Crippen LogP contribution in [0.25, 0.3) is 16.5 Å². The zero-order valence-electron chi connectivity index (χ0n) is 15.0. The molecule has 5 heteroatoms. The minimum Gasteiger partial charge on any atom is -0.345 e. The Balaban J connectivity index is 1.82. The van der Waals surface area contributed by atoms with Gasteiger partial charge in [0.15, 0.2) is 0 Å². The van der Waals surface area contributed by atoms with Crippen molar-refractivity contribution >= 4 is 34.0 Å². The molecule has 0 bridgehead atoms. The van der Waals surface area contributed by atoms with E-state index in [0.29, 0.717) is 6.04 Å². The fourth-order valence-electron chi connectivity index (χ4n) is 4.34. The average molecular weight is 358 g/mol. The minimum absolute atomic E-state index is 0.0802. The van der Waals surface area contributed by atoms with Crippen LogP contribution in [0.15, 0.2) is 30.5 Å². The van der Waals surface area contributed by atoms with Crippen molar-refractivity contribution in [3.8, 4) is 0 Å². The zero-order chi connectivity index (χ0) is 17.7. The summed E-state index contributed by atoms with van der Waals surface area (Å²) in [5.74, 6) is 0.150. The second kappa shape index (κ2) is 6.19. The Bertz CT molecular complexity index is 865. The average Bonchev–Trinajstić information content (AvgIpc) is 3.04. The third-order valence-electron chi connectivity index (χ3n) is 5.70. The molecule has 1 amide bonds. The van der Waals surface area contributed by atoms with Gasteiger partial charge in [0.2, 0.25) is 5.91 Å². The second-order valence-electron chi connectivity index (χ2n) is 7.02. The van der Waals surface area contributed by atoms with Gasteiger partial charge in [0, 0.05) is 48.3 Å². The van der Waals surface area contributed by atoms with Crippen molar-refractivity contribution < 1.29 is 4.79 Å². The lowest BCUT2D eigenvalue weighted by Crippen LogP contribution is -2.48. The van der Waals surface area contributed by atoms with Crippen molar-refractivity contribution in [3.63, 3.8) is 0 Å². The topological polar surface area (TPSA) is 28.5 Å². The number of aromatic nitrogens is 1. The second-order valence-corrected chi connectivity index (χ2v) is 7.43. The van der Waals surface area contributed by atoms with Gasteiger partial charge in [0.1, 0.15) is 0 Å². The Morgan fingerprint density at radius 2 is 2.00 bits per heavy atom. The number of rotatable bonds is 3. The van der Waals surface area contributed by atoms with E-state index in [2.05, 4.69) is 40.9 Å². The molecular formula is C20H24ClN3O. The number of hydrogen-bond donors (Lipinski definition) is 0. The number of amides is 1. The van der Waals surface area contributed by atoms with Gasteiger partial charge in [-0.25, -0.2) is 0 Å². The molecule has 2 atom stereocenters. The fourth-order valence-corrected chi connectivity index (χ4v) is 4.56. The van der Waals surface area contributed by atoms with Crippen LogP contribution >= 0.6 is 11.6 Å². The van der Waals surface area contributed by atoms with Gasteiger partial charge in [0.05, 0.1) is 17.5 Å². The summed E-state index contributed by atoms with van der Waals surface area (Å²) in [4.78, 5) is 17.2. The van der Waals surface area contributed by atoms with E-state index in [0.717, 1.165) is 36.6 Å². The number of likely N-dealkylation sites (N-methyl/N-ethyl adjacent to an activating group) is 1. The first-order chi connectivity index (χ1) is 12.0. The third kappa shape index (κ3) is 2.51. The summed E-state index contributed by atoms with van der Waals surface area (Å²) in [6, 6.07) is 6.49. The molecule has 2 aromatic rings. The molecule has 0 saturated carbocycles. The standard InChI is InChI=1S/C20H24ClN3O/c1-4-23(5-2)20(25)13-10-16-14-6-7-17(21)15-8-9-24(19(14)15)12-18(16)22(3)11-13/h6-10,13,18H,4-5,11-12H2,1-3H3. The quantitative estimate of drug-likeness (QED) is 0.841. The van der Waals surface area contributed by atoms with Crippen molar-refractivity contribution in [1.29, 1.82) is 0 Å². The Morgan fingerprint density at radius 1 is 1.24 bits per heavy atom. The zero-order valence-corrected chi connectivity index (χ0v) is 15.8. The number of carbonyl (C=O) groups excluding carboxylic acids is 1. The number of benzene rings is 1. The van der Waals surface area contributed by atoms with Crippen molar-refractivity contribution in [1.82, 2.24) is 14.4 Å². The summed E-state index contributed by atoms with van der Waals surface area (Å²) in [6.45, 7) is 7.29. The number of halogens is 1. The van der Waals surface area contributed by atoms with E-state index in [1.54, 1.807) is 0 Å². The third-order valence-corrected chi connectivity index (χ3v) is 6.03. The van der Waals surface area contributed by atoms with E-state index in [1.807, 2.05) is 24.8 Å². The molecule has 25 heavy (non-hydrogen) atoms. The Labute approximate surface area is 153 Å². The lowest BCUT2D eigenvalue weighted by Gasteiger charge is -2.41. The Morgan fingerprint density at radius 3 is 2.72 bits per heavy atom. The monoisotopic (exact) mass is 357 g/mol. The van der Waals surface area contributed by atoms with Gasteiger partial charge in [-0.2, -0.15) is 0 Å². The number of fused-ring (bicyclic) bond motifs is 2. The van der Waals surface area contributed by atoms with Crippen LogP contribution in [-0.2, 0) is 11.3 Å². The molecule has 132 valence electrons. The van der Waals surface area contributed by atoms with Crippen molar-refractivity contribution in [2.24, 2.45) is 5.92 Å². The normalized spacial score (nSPS) is 22.6. The van der Waals surface area contributed by atoms with Gasteiger partial charge in [-0.05, 0) is 38.6 Å². The van der Waals surface area contributed by atoms with Crippen LogP contribution in [0.1, 0.15) is 19.4 Å². The van der Waals surface area contributed by atoms with E-state index in [4.69, 9.17) is 11.6 Å². The highest BCUT2D eigenvalue weighted by molar-refractivity contribution is 6.35. The number of carbonyl (C=O) groups is 1. The van der Waals surface area contributed by atoms with E-state index < -0.39 is 0 Å². The maximum Gasteiger partial charge on any atom is 0.230 e. The first kappa shape index (κ1) is 16.7. The Hall–Kier alpha value is -1.78. The van der Waals surface area contributed by atoms with E-state index in [1.165, 1.54) is 16.7 Å². The molecule has 0 radical (unpaired) electrons. The lowest BCUT2D eigenvalue weighted by atomic mass is 9.85. The summed E-state index contributed by atoms with van der Waals surface area (Å²) in [7, 11) is 2.13. The summed E-state index contributed by atoms with van der Waals surface area (Å²) < 4.78 is 2.29. The van der Waals surface area contributed by atoms with Gasteiger partial charge in [-0.15, -0.1) is 0 Å². The van der Waals surface area contributed by atoms with Crippen LogP contribution in [-0.4, -0.2) is 53.0 Å². The summed E-state index contributed by atoms with van der Waals surface area (Å²) >= 11 is 6.38. The largest absolute Gasteiger partial charge is 0.345 e. The maximum atomic E-state index is 12.9. The van der Waals surface area contributed by atoms with Gasteiger partial charge >= 0.3 is 0 Å². The first-order valence-corrected chi connectivity index (χ1v) is 9.41. The number of nitrogens with zero attached hydrogens (tertiary/aromatic N) is 3. The molecule has 1 aromatic carbocycles. The highest BCUT2D eigenvalue weighted by atomic mass is 35.5. The molecule has 0 fully saturated rings. The predicted molar refractivity (Wildman–Crippen MR) is 103 cm³/mol. The summed E-state index contributed by atoms with van der Waals surface area (Å²) in [5, 5.41) is 1.88. The SMILES string of the molecule is CCN(CC)C(=O)C1C=C2c3ccc(Cl)c4ccn(c34)CC2N(C)C1. The maximum absolute atomic E-state index is 12.9. The van der Waals surface area contributed by atoms with Crippen molar-refractivity contribution in [2.45, 2.75) is 26.4 Å². The van der Waals surface area contributed by atoms with Crippen LogP contribution in [0.3, 0.4) is 0 Å². The molecule has 2 aliphatic heterocycles. The van der Waals surface area contributed by atoms with Crippen LogP contribution < -0.4 is 0 Å². The smallest absolute Gasteiger partial charge is 0.230 e. The van der Waals surface area contributed by atoms with E-state index in [-0.39, 0.29) is 11.8 Å². The Kier molecular flexibility index (Phi) is 4.13. The molecule has 4 rings (SSSR count). The predicted octanol–water partition coefficient (Wildman–Crippen LogP) is 3.49.